The van der Waals surface area contributed by atoms with E-state index in [9.17, 15) is 17.2 Å². The SMILES string of the molecule is CC1(C)CCC(NS(=O)(=O)c2cc(N)c(F)cc2F)CC1. The van der Waals surface area contributed by atoms with Gasteiger partial charge in [-0.1, -0.05) is 13.8 Å². The van der Waals surface area contributed by atoms with Crippen LogP contribution in [0.1, 0.15) is 39.5 Å². The number of nitrogen functional groups attached to an aromatic ring is 1. The van der Waals surface area contributed by atoms with Crippen molar-refractivity contribution < 1.29 is 17.2 Å². The van der Waals surface area contributed by atoms with E-state index in [-0.39, 0.29) is 17.1 Å². The summed E-state index contributed by atoms with van der Waals surface area (Å²) < 4.78 is 53.7. The number of sulfonamides is 1. The van der Waals surface area contributed by atoms with Crippen LogP contribution in [-0.2, 0) is 10.0 Å². The van der Waals surface area contributed by atoms with Gasteiger partial charge in [-0.3, -0.25) is 0 Å². The molecule has 21 heavy (non-hydrogen) atoms. The molecule has 0 amide bonds. The summed E-state index contributed by atoms with van der Waals surface area (Å²) in [5.74, 6) is -2.10. The van der Waals surface area contributed by atoms with Gasteiger partial charge in [-0.15, -0.1) is 0 Å². The van der Waals surface area contributed by atoms with Crippen molar-refractivity contribution in [3.63, 3.8) is 0 Å². The lowest BCUT2D eigenvalue weighted by Crippen LogP contribution is -2.39. The number of hydrogen-bond acceptors (Lipinski definition) is 3. The van der Waals surface area contributed by atoms with E-state index in [0.29, 0.717) is 18.9 Å². The van der Waals surface area contributed by atoms with Crippen molar-refractivity contribution in [2.75, 3.05) is 5.73 Å². The van der Waals surface area contributed by atoms with Crippen LogP contribution in [0.2, 0.25) is 0 Å². The average molecular weight is 318 g/mol. The third-order valence-corrected chi connectivity index (χ3v) is 5.54. The molecule has 7 heteroatoms. The molecule has 1 aromatic rings. The number of anilines is 1. The number of hydrogen-bond donors (Lipinski definition) is 2. The highest BCUT2D eigenvalue weighted by Crippen LogP contribution is 2.35. The first-order valence-corrected chi connectivity index (χ1v) is 8.36. The molecular weight excluding hydrogens is 298 g/mol. The maximum Gasteiger partial charge on any atom is 0.243 e. The maximum absolute atomic E-state index is 13.7. The van der Waals surface area contributed by atoms with Crippen LogP contribution >= 0.6 is 0 Å². The topological polar surface area (TPSA) is 72.2 Å². The molecule has 0 aliphatic heterocycles. The normalized spacial score (nSPS) is 19.6. The van der Waals surface area contributed by atoms with Gasteiger partial charge in [0.1, 0.15) is 16.5 Å². The van der Waals surface area contributed by atoms with Crippen LogP contribution in [0.25, 0.3) is 0 Å². The lowest BCUT2D eigenvalue weighted by Gasteiger charge is -2.34. The summed E-state index contributed by atoms with van der Waals surface area (Å²) in [7, 11) is -4.04. The standard InChI is InChI=1S/C14H20F2N2O2S/c1-14(2)5-3-9(4-6-14)18-21(19,20)13-8-12(17)10(15)7-11(13)16/h7-9,18H,3-6,17H2,1-2H3. The highest BCUT2D eigenvalue weighted by atomic mass is 32.2. The van der Waals surface area contributed by atoms with Crippen molar-refractivity contribution >= 4 is 15.7 Å². The molecule has 0 bridgehead atoms. The van der Waals surface area contributed by atoms with Crippen LogP contribution < -0.4 is 10.5 Å². The van der Waals surface area contributed by atoms with Crippen molar-refractivity contribution in [3.05, 3.63) is 23.8 Å². The van der Waals surface area contributed by atoms with Gasteiger partial charge in [-0.05, 0) is 37.2 Å². The van der Waals surface area contributed by atoms with Crippen molar-refractivity contribution in [1.29, 1.82) is 0 Å². The van der Waals surface area contributed by atoms with Crippen LogP contribution in [0.3, 0.4) is 0 Å². The highest BCUT2D eigenvalue weighted by molar-refractivity contribution is 7.89. The second kappa shape index (κ2) is 5.53. The zero-order chi connectivity index (χ0) is 15.8. The third kappa shape index (κ3) is 3.71. The predicted molar refractivity (Wildman–Crippen MR) is 77.1 cm³/mol. The molecule has 1 saturated carbocycles. The molecule has 1 aromatic carbocycles. The smallest absolute Gasteiger partial charge is 0.243 e. The van der Waals surface area contributed by atoms with Gasteiger partial charge in [-0.25, -0.2) is 21.9 Å². The Morgan fingerprint density at radius 2 is 1.76 bits per heavy atom. The summed E-state index contributed by atoms with van der Waals surface area (Å²) in [6.07, 6.45) is 3.19. The minimum absolute atomic E-state index is 0.202. The summed E-state index contributed by atoms with van der Waals surface area (Å²) in [4.78, 5) is -0.605. The molecule has 0 saturated heterocycles. The molecule has 1 aliphatic rings. The quantitative estimate of drug-likeness (QED) is 0.842. The fourth-order valence-electron chi connectivity index (χ4n) is 2.55. The molecular formula is C14H20F2N2O2S. The van der Waals surface area contributed by atoms with Crippen LogP contribution in [0.15, 0.2) is 17.0 Å². The van der Waals surface area contributed by atoms with Crippen molar-refractivity contribution in [2.45, 2.75) is 50.5 Å². The second-order valence-electron chi connectivity index (χ2n) is 6.36. The number of nitrogens with one attached hydrogen (secondary N) is 1. The van der Waals surface area contributed by atoms with Gasteiger partial charge in [0, 0.05) is 12.1 Å². The van der Waals surface area contributed by atoms with Crippen molar-refractivity contribution in [2.24, 2.45) is 5.41 Å². The molecule has 118 valence electrons. The first kappa shape index (κ1) is 16.2. The van der Waals surface area contributed by atoms with Crippen LogP contribution in [0.4, 0.5) is 14.5 Å². The van der Waals surface area contributed by atoms with Crippen LogP contribution in [-0.4, -0.2) is 14.5 Å². The molecule has 0 unspecified atom stereocenters. The summed E-state index contributed by atoms with van der Waals surface area (Å²) >= 11 is 0. The van der Waals surface area contributed by atoms with E-state index in [1.807, 2.05) is 0 Å². The minimum Gasteiger partial charge on any atom is -0.396 e. The molecule has 0 radical (unpaired) electrons. The number of nitrogens with two attached hydrogens (primary N) is 1. The first-order chi connectivity index (χ1) is 9.61. The Labute approximate surface area is 123 Å². The van der Waals surface area contributed by atoms with E-state index in [0.717, 1.165) is 18.9 Å². The highest BCUT2D eigenvalue weighted by Gasteiger charge is 2.30. The third-order valence-electron chi connectivity index (χ3n) is 4.00. The Bertz CT molecular complexity index is 635. The van der Waals surface area contributed by atoms with Gasteiger partial charge in [-0.2, -0.15) is 0 Å². The van der Waals surface area contributed by atoms with Gasteiger partial charge in [0.15, 0.2) is 0 Å². The molecule has 0 heterocycles. The van der Waals surface area contributed by atoms with Gasteiger partial charge < -0.3 is 5.73 Å². The van der Waals surface area contributed by atoms with E-state index in [4.69, 9.17) is 5.73 Å². The molecule has 3 N–H and O–H groups in total. The van der Waals surface area contributed by atoms with Crippen LogP contribution in [0.5, 0.6) is 0 Å². The summed E-state index contributed by atoms with van der Waals surface area (Å²) in [5.41, 5.74) is 5.14. The Morgan fingerprint density at radius 3 is 2.33 bits per heavy atom. The van der Waals surface area contributed by atoms with Gasteiger partial charge >= 0.3 is 0 Å². The van der Waals surface area contributed by atoms with E-state index in [2.05, 4.69) is 18.6 Å². The number of halogens is 2. The van der Waals surface area contributed by atoms with Crippen molar-refractivity contribution in [3.8, 4) is 0 Å². The molecule has 0 spiro atoms. The summed E-state index contributed by atoms with van der Waals surface area (Å²) in [5, 5.41) is 0. The van der Waals surface area contributed by atoms with Crippen LogP contribution in [0, 0.1) is 17.0 Å². The number of benzene rings is 1. The number of rotatable bonds is 3. The largest absolute Gasteiger partial charge is 0.396 e. The Hall–Kier alpha value is -1.21. The predicted octanol–water partition coefficient (Wildman–Crippen LogP) is 2.79. The Morgan fingerprint density at radius 1 is 1.19 bits per heavy atom. The van der Waals surface area contributed by atoms with Gasteiger partial charge in [0.05, 0.1) is 5.69 Å². The Kier molecular flexibility index (Phi) is 4.26. The average Bonchev–Trinajstić information content (AvgIpc) is 2.36. The summed E-state index contributed by atoms with van der Waals surface area (Å²) in [6.45, 7) is 4.27. The zero-order valence-electron chi connectivity index (χ0n) is 12.1. The second-order valence-corrected chi connectivity index (χ2v) is 8.05. The lowest BCUT2D eigenvalue weighted by molar-refractivity contribution is 0.218. The summed E-state index contributed by atoms with van der Waals surface area (Å²) in [6, 6.07) is 1.09. The Balaban J connectivity index is 2.18. The molecule has 1 fully saturated rings. The monoisotopic (exact) mass is 318 g/mol. The van der Waals surface area contributed by atoms with Crippen molar-refractivity contribution in [1.82, 2.24) is 4.72 Å². The van der Waals surface area contributed by atoms with Gasteiger partial charge in [0.2, 0.25) is 10.0 Å². The lowest BCUT2D eigenvalue weighted by atomic mass is 9.76. The van der Waals surface area contributed by atoms with Gasteiger partial charge in [0.25, 0.3) is 0 Å². The fraction of sp³-hybridized carbons (Fsp3) is 0.571. The molecule has 4 nitrogen and oxygen atoms in total. The zero-order valence-corrected chi connectivity index (χ0v) is 12.9. The molecule has 0 aromatic heterocycles. The van der Waals surface area contributed by atoms with E-state index in [1.54, 1.807) is 0 Å². The van der Waals surface area contributed by atoms with E-state index >= 15 is 0 Å². The van der Waals surface area contributed by atoms with E-state index in [1.165, 1.54) is 0 Å². The first-order valence-electron chi connectivity index (χ1n) is 6.88. The molecule has 0 atom stereocenters. The minimum atomic E-state index is -4.04. The molecule has 1 aliphatic carbocycles. The van der Waals surface area contributed by atoms with E-state index < -0.39 is 26.6 Å². The molecule has 2 rings (SSSR count). The fourth-order valence-corrected chi connectivity index (χ4v) is 3.95. The maximum atomic E-state index is 13.7.